The molecule has 0 atom stereocenters. The molecular formula is C17H13F2NO2. The second-order valence-corrected chi connectivity index (χ2v) is 4.91. The number of aryl methyl sites for hydroxylation is 1. The van der Waals surface area contributed by atoms with Crippen LogP contribution in [0.5, 0.6) is 0 Å². The standard InChI is InChI=1S/C17H13F2NO2/c1-10-5-2-3-6-11(10)17-13(9-21)16(20-22-17)12-7-4-8-14(18)15(12)19/h2-8,21H,9H2,1H3. The van der Waals surface area contributed by atoms with E-state index in [0.29, 0.717) is 11.3 Å². The van der Waals surface area contributed by atoms with Crippen molar-refractivity contribution in [3.05, 3.63) is 65.2 Å². The zero-order valence-corrected chi connectivity index (χ0v) is 11.8. The first kappa shape index (κ1) is 14.4. The molecule has 3 aromatic rings. The summed E-state index contributed by atoms with van der Waals surface area (Å²) in [4.78, 5) is 0. The number of aromatic nitrogens is 1. The number of aliphatic hydroxyl groups is 1. The summed E-state index contributed by atoms with van der Waals surface area (Å²) in [6.07, 6.45) is 0. The quantitative estimate of drug-likeness (QED) is 0.792. The van der Waals surface area contributed by atoms with Gasteiger partial charge in [-0.15, -0.1) is 0 Å². The number of hydrogen-bond acceptors (Lipinski definition) is 3. The minimum Gasteiger partial charge on any atom is -0.391 e. The van der Waals surface area contributed by atoms with Crippen molar-refractivity contribution in [2.24, 2.45) is 0 Å². The molecule has 0 saturated heterocycles. The Balaban J connectivity index is 2.20. The summed E-state index contributed by atoms with van der Waals surface area (Å²) in [7, 11) is 0. The van der Waals surface area contributed by atoms with Crippen molar-refractivity contribution < 1.29 is 18.4 Å². The first-order valence-electron chi connectivity index (χ1n) is 6.73. The van der Waals surface area contributed by atoms with Crippen LogP contribution in [0.1, 0.15) is 11.1 Å². The van der Waals surface area contributed by atoms with Crippen molar-refractivity contribution in [2.75, 3.05) is 0 Å². The van der Waals surface area contributed by atoms with E-state index in [1.807, 2.05) is 31.2 Å². The molecule has 5 heteroatoms. The SMILES string of the molecule is Cc1ccccc1-c1onc(-c2cccc(F)c2F)c1CO. The van der Waals surface area contributed by atoms with Gasteiger partial charge in [0.2, 0.25) is 0 Å². The Labute approximate surface area is 125 Å². The Morgan fingerprint density at radius 2 is 1.77 bits per heavy atom. The number of nitrogens with zero attached hydrogens (tertiary/aromatic N) is 1. The van der Waals surface area contributed by atoms with Gasteiger partial charge in [0, 0.05) is 11.1 Å². The van der Waals surface area contributed by atoms with Crippen molar-refractivity contribution in [3.8, 4) is 22.6 Å². The number of aliphatic hydroxyl groups excluding tert-OH is 1. The van der Waals surface area contributed by atoms with Gasteiger partial charge in [-0.2, -0.15) is 0 Å². The van der Waals surface area contributed by atoms with Gasteiger partial charge in [-0.1, -0.05) is 35.5 Å². The Bertz CT molecular complexity index is 827. The minimum absolute atomic E-state index is 0.0346. The van der Waals surface area contributed by atoms with Crippen LogP contribution in [-0.4, -0.2) is 10.3 Å². The third-order valence-corrected chi connectivity index (χ3v) is 3.54. The molecule has 3 rings (SSSR count). The smallest absolute Gasteiger partial charge is 0.173 e. The molecule has 0 radical (unpaired) electrons. The van der Waals surface area contributed by atoms with Gasteiger partial charge in [0.25, 0.3) is 0 Å². The summed E-state index contributed by atoms with van der Waals surface area (Å²) in [5.41, 5.74) is 2.09. The van der Waals surface area contributed by atoms with Crippen LogP contribution >= 0.6 is 0 Å². The van der Waals surface area contributed by atoms with Crippen LogP contribution in [0, 0.1) is 18.6 Å². The molecule has 0 aliphatic heterocycles. The van der Waals surface area contributed by atoms with E-state index < -0.39 is 18.2 Å². The van der Waals surface area contributed by atoms with Crippen LogP contribution in [0.15, 0.2) is 47.0 Å². The zero-order valence-electron chi connectivity index (χ0n) is 11.8. The van der Waals surface area contributed by atoms with Crippen molar-refractivity contribution in [1.82, 2.24) is 5.16 Å². The van der Waals surface area contributed by atoms with Gasteiger partial charge >= 0.3 is 0 Å². The van der Waals surface area contributed by atoms with Crippen molar-refractivity contribution >= 4 is 0 Å². The van der Waals surface area contributed by atoms with Crippen molar-refractivity contribution in [1.29, 1.82) is 0 Å². The Morgan fingerprint density at radius 1 is 1.05 bits per heavy atom. The first-order valence-corrected chi connectivity index (χ1v) is 6.73. The summed E-state index contributed by atoms with van der Waals surface area (Å²) >= 11 is 0. The minimum atomic E-state index is -1.01. The van der Waals surface area contributed by atoms with E-state index in [0.717, 1.165) is 17.2 Å². The second-order valence-electron chi connectivity index (χ2n) is 4.91. The molecule has 1 aromatic heterocycles. The van der Waals surface area contributed by atoms with Gasteiger partial charge in [0.05, 0.1) is 12.2 Å². The number of hydrogen-bond donors (Lipinski definition) is 1. The van der Waals surface area contributed by atoms with Crippen LogP contribution < -0.4 is 0 Å². The average Bonchev–Trinajstić information content (AvgIpc) is 2.94. The highest BCUT2D eigenvalue weighted by Crippen LogP contribution is 2.35. The van der Waals surface area contributed by atoms with Gasteiger partial charge < -0.3 is 9.63 Å². The third-order valence-electron chi connectivity index (χ3n) is 3.54. The summed E-state index contributed by atoms with van der Waals surface area (Å²) in [5.74, 6) is -1.62. The van der Waals surface area contributed by atoms with E-state index in [4.69, 9.17) is 4.52 Å². The van der Waals surface area contributed by atoms with Gasteiger partial charge in [-0.05, 0) is 24.6 Å². The van der Waals surface area contributed by atoms with E-state index in [2.05, 4.69) is 5.16 Å². The summed E-state index contributed by atoms with van der Waals surface area (Å²) < 4.78 is 32.7. The molecule has 0 fully saturated rings. The van der Waals surface area contributed by atoms with Crippen LogP contribution in [0.25, 0.3) is 22.6 Å². The van der Waals surface area contributed by atoms with E-state index >= 15 is 0 Å². The van der Waals surface area contributed by atoms with E-state index in [9.17, 15) is 13.9 Å². The number of rotatable bonds is 3. The lowest BCUT2D eigenvalue weighted by Gasteiger charge is -2.05. The Hall–Kier alpha value is -2.53. The fraction of sp³-hybridized carbons (Fsp3) is 0.118. The topological polar surface area (TPSA) is 46.3 Å². The molecule has 1 N–H and O–H groups in total. The maximum Gasteiger partial charge on any atom is 0.173 e. The maximum atomic E-state index is 14.0. The van der Waals surface area contributed by atoms with Gasteiger partial charge in [0.1, 0.15) is 5.69 Å². The first-order chi connectivity index (χ1) is 10.6. The molecule has 3 nitrogen and oxygen atoms in total. The molecule has 2 aromatic carbocycles. The molecule has 0 bridgehead atoms. The van der Waals surface area contributed by atoms with E-state index in [1.165, 1.54) is 12.1 Å². The monoisotopic (exact) mass is 301 g/mol. The van der Waals surface area contributed by atoms with Crippen LogP contribution in [0.4, 0.5) is 8.78 Å². The lowest BCUT2D eigenvalue weighted by Crippen LogP contribution is -1.94. The number of halogens is 2. The van der Waals surface area contributed by atoms with Crippen LogP contribution in [-0.2, 0) is 6.61 Å². The Kier molecular flexibility index (Phi) is 3.73. The summed E-state index contributed by atoms with van der Waals surface area (Å²) in [5, 5.41) is 13.5. The molecule has 0 aliphatic rings. The molecular weight excluding hydrogens is 288 g/mol. The molecule has 0 saturated carbocycles. The molecule has 0 spiro atoms. The summed E-state index contributed by atoms with van der Waals surface area (Å²) in [6.45, 7) is 1.50. The highest BCUT2D eigenvalue weighted by atomic mass is 19.2. The van der Waals surface area contributed by atoms with E-state index in [-0.39, 0.29) is 11.3 Å². The van der Waals surface area contributed by atoms with Gasteiger partial charge in [0.15, 0.2) is 17.4 Å². The van der Waals surface area contributed by atoms with Crippen molar-refractivity contribution in [3.63, 3.8) is 0 Å². The highest BCUT2D eigenvalue weighted by Gasteiger charge is 2.22. The molecule has 0 aliphatic carbocycles. The predicted molar refractivity (Wildman–Crippen MR) is 78.0 cm³/mol. The lowest BCUT2D eigenvalue weighted by molar-refractivity contribution is 0.281. The third kappa shape index (κ3) is 2.29. The average molecular weight is 301 g/mol. The molecule has 112 valence electrons. The van der Waals surface area contributed by atoms with E-state index in [1.54, 1.807) is 0 Å². The molecule has 1 heterocycles. The summed E-state index contributed by atoms with van der Waals surface area (Å²) in [6, 6.07) is 11.2. The lowest BCUT2D eigenvalue weighted by atomic mass is 10.00. The predicted octanol–water partition coefficient (Wildman–Crippen LogP) is 4.09. The van der Waals surface area contributed by atoms with Crippen LogP contribution in [0.2, 0.25) is 0 Å². The van der Waals surface area contributed by atoms with Crippen LogP contribution in [0.3, 0.4) is 0 Å². The number of benzene rings is 2. The maximum absolute atomic E-state index is 14.0. The van der Waals surface area contributed by atoms with Crippen molar-refractivity contribution in [2.45, 2.75) is 13.5 Å². The molecule has 0 unspecified atom stereocenters. The molecule has 0 amide bonds. The fourth-order valence-electron chi connectivity index (χ4n) is 2.39. The largest absolute Gasteiger partial charge is 0.391 e. The van der Waals surface area contributed by atoms with Gasteiger partial charge in [-0.25, -0.2) is 8.78 Å². The second kappa shape index (κ2) is 5.69. The normalized spacial score (nSPS) is 10.9. The fourth-order valence-corrected chi connectivity index (χ4v) is 2.39. The molecule has 22 heavy (non-hydrogen) atoms. The van der Waals surface area contributed by atoms with Gasteiger partial charge in [-0.3, -0.25) is 0 Å². The highest BCUT2D eigenvalue weighted by molar-refractivity contribution is 5.74. The zero-order chi connectivity index (χ0) is 15.7. The Morgan fingerprint density at radius 3 is 2.50 bits per heavy atom.